The molecule has 0 fully saturated rings. The van der Waals surface area contributed by atoms with Crippen LogP contribution in [0.4, 0.5) is 26.7 Å². The van der Waals surface area contributed by atoms with Gasteiger partial charge in [0.25, 0.3) is 0 Å². The van der Waals surface area contributed by atoms with Crippen molar-refractivity contribution < 1.29 is 36.2 Å². The predicted octanol–water partition coefficient (Wildman–Crippen LogP) is 6.50. The van der Waals surface area contributed by atoms with Crippen LogP contribution < -0.4 is 10.1 Å². The summed E-state index contributed by atoms with van der Waals surface area (Å²) in [5, 5.41) is 2.62. The number of amides is 1. The van der Waals surface area contributed by atoms with Crippen LogP contribution in [0.15, 0.2) is 72.8 Å². The maximum Gasteiger partial charge on any atom is 0.499 e. The molecular formula is C27H20F5NO3. The van der Waals surface area contributed by atoms with Crippen LogP contribution in [0, 0.1) is 11.8 Å². The average Bonchev–Trinajstić information content (AvgIpc) is 3.16. The van der Waals surface area contributed by atoms with Crippen molar-refractivity contribution in [3.8, 4) is 28.7 Å². The van der Waals surface area contributed by atoms with Crippen molar-refractivity contribution in [3.63, 3.8) is 0 Å². The molecule has 0 saturated carbocycles. The van der Waals surface area contributed by atoms with Gasteiger partial charge in [-0.2, -0.15) is 22.0 Å². The predicted molar refractivity (Wildman–Crippen MR) is 123 cm³/mol. The Balaban J connectivity index is 1.23. The van der Waals surface area contributed by atoms with Gasteiger partial charge in [0.1, 0.15) is 12.4 Å². The number of hydrogen-bond donors (Lipinski definition) is 1. The first kappa shape index (κ1) is 25.0. The first-order valence-corrected chi connectivity index (χ1v) is 11.0. The van der Waals surface area contributed by atoms with Gasteiger partial charge in [-0.15, -0.1) is 0 Å². The van der Waals surface area contributed by atoms with E-state index in [0.717, 1.165) is 34.4 Å². The Bertz CT molecular complexity index is 1250. The fourth-order valence-corrected chi connectivity index (χ4v) is 3.85. The lowest BCUT2D eigenvalue weighted by molar-refractivity contribution is -0.360. The van der Waals surface area contributed by atoms with Gasteiger partial charge in [-0.05, 0) is 46.5 Å². The molecule has 0 heterocycles. The van der Waals surface area contributed by atoms with Crippen molar-refractivity contribution in [2.45, 2.75) is 24.6 Å². The number of benzene rings is 3. The Labute approximate surface area is 204 Å². The van der Waals surface area contributed by atoms with Crippen LogP contribution >= 0.6 is 0 Å². The molecule has 186 valence electrons. The Morgan fingerprint density at radius 2 is 1.44 bits per heavy atom. The number of halogens is 5. The lowest BCUT2D eigenvalue weighted by Gasteiger charge is -2.20. The molecule has 4 rings (SSSR count). The van der Waals surface area contributed by atoms with E-state index in [-0.39, 0.29) is 25.5 Å². The average molecular weight is 501 g/mol. The molecule has 0 atom stereocenters. The van der Waals surface area contributed by atoms with Crippen LogP contribution in [0.2, 0.25) is 0 Å². The molecule has 0 saturated heterocycles. The van der Waals surface area contributed by atoms with Gasteiger partial charge in [-0.25, -0.2) is 4.79 Å². The Hall–Kier alpha value is -4.06. The van der Waals surface area contributed by atoms with Crippen molar-refractivity contribution in [2.75, 3.05) is 13.2 Å². The van der Waals surface area contributed by atoms with Gasteiger partial charge >= 0.3 is 18.4 Å². The van der Waals surface area contributed by atoms with E-state index in [9.17, 15) is 26.7 Å². The summed E-state index contributed by atoms with van der Waals surface area (Å²) in [5.74, 6) is 4.82. The molecule has 3 aromatic rings. The van der Waals surface area contributed by atoms with E-state index < -0.39 is 24.1 Å². The van der Waals surface area contributed by atoms with Gasteiger partial charge in [0.2, 0.25) is 0 Å². The number of carbonyl (C=O) groups excluding carboxylic acids is 1. The van der Waals surface area contributed by atoms with E-state index in [1.165, 1.54) is 12.1 Å². The molecule has 9 heteroatoms. The van der Waals surface area contributed by atoms with Gasteiger partial charge in [0.05, 0.1) is 0 Å². The monoisotopic (exact) mass is 501 g/mol. The molecule has 0 aromatic heterocycles. The summed E-state index contributed by atoms with van der Waals surface area (Å²) in [4.78, 5) is 12.1. The Morgan fingerprint density at radius 3 is 2.03 bits per heavy atom. The molecule has 3 aromatic carbocycles. The van der Waals surface area contributed by atoms with Crippen LogP contribution in [-0.4, -0.2) is 31.5 Å². The zero-order valence-electron chi connectivity index (χ0n) is 18.7. The van der Waals surface area contributed by atoms with Gasteiger partial charge in [0.15, 0.2) is 0 Å². The van der Waals surface area contributed by atoms with E-state index in [1.807, 2.05) is 48.5 Å². The SMILES string of the molecule is O=C(NCCC#Cc1ccc(OC(F)(F)C(F)(F)F)cc1)OCC1c2ccccc2-c2ccccc21. The van der Waals surface area contributed by atoms with E-state index in [2.05, 4.69) is 21.9 Å². The van der Waals surface area contributed by atoms with Crippen LogP contribution in [0.1, 0.15) is 29.0 Å². The molecule has 0 aliphatic heterocycles. The summed E-state index contributed by atoms with van der Waals surface area (Å²) in [5.41, 5.74) is 4.86. The minimum atomic E-state index is -5.81. The molecule has 1 aliphatic carbocycles. The van der Waals surface area contributed by atoms with Gasteiger partial charge < -0.3 is 14.8 Å². The number of carbonyl (C=O) groups is 1. The zero-order valence-corrected chi connectivity index (χ0v) is 18.7. The standard InChI is InChI=1S/C27H20F5NO3/c28-26(29,30)27(31,32)36-19-14-12-18(13-15-19)7-5-6-16-33-25(34)35-17-24-22-10-3-1-8-20(22)21-9-2-4-11-23(21)24/h1-4,8-15,24H,6,16-17H2,(H,33,34). The molecule has 4 nitrogen and oxygen atoms in total. The number of rotatable bonds is 6. The molecule has 0 unspecified atom stereocenters. The summed E-state index contributed by atoms with van der Waals surface area (Å²) in [6.07, 6.45) is -11.4. The summed E-state index contributed by atoms with van der Waals surface area (Å²) >= 11 is 0. The molecular weight excluding hydrogens is 481 g/mol. The molecule has 1 N–H and O–H groups in total. The number of ether oxygens (including phenoxy) is 2. The van der Waals surface area contributed by atoms with Crippen molar-refractivity contribution in [1.29, 1.82) is 0 Å². The largest absolute Gasteiger partial charge is 0.499 e. The molecule has 1 aliphatic rings. The Kier molecular flexibility index (Phi) is 7.15. The minimum absolute atomic E-state index is 0.0500. The Morgan fingerprint density at radius 1 is 0.861 bits per heavy atom. The molecule has 0 bridgehead atoms. The van der Waals surface area contributed by atoms with Crippen LogP contribution in [0.5, 0.6) is 5.75 Å². The number of nitrogens with one attached hydrogen (secondary N) is 1. The highest BCUT2D eigenvalue weighted by molar-refractivity contribution is 5.79. The van der Waals surface area contributed by atoms with E-state index in [1.54, 1.807) is 0 Å². The van der Waals surface area contributed by atoms with Crippen molar-refractivity contribution in [1.82, 2.24) is 5.32 Å². The van der Waals surface area contributed by atoms with Gasteiger partial charge in [-0.3, -0.25) is 0 Å². The van der Waals surface area contributed by atoms with E-state index in [0.29, 0.717) is 5.56 Å². The maximum absolute atomic E-state index is 12.9. The molecule has 1 amide bonds. The normalized spacial score (nSPS) is 12.7. The number of alkyl halides is 5. The number of hydrogen-bond acceptors (Lipinski definition) is 3. The summed E-state index contributed by atoms with van der Waals surface area (Å²) in [7, 11) is 0. The molecule has 0 spiro atoms. The van der Waals surface area contributed by atoms with Gasteiger partial charge in [-0.1, -0.05) is 60.4 Å². The van der Waals surface area contributed by atoms with E-state index >= 15 is 0 Å². The lowest BCUT2D eigenvalue weighted by Crippen LogP contribution is -2.41. The van der Waals surface area contributed by atoms with Crippen LogP contribution in [0.25, 0.3) is 11.1 Å². The van der Waals surface area contributed by atoms with Crippen LogP contribution in [-0.2, 0) is 4.74 Å². The second-order valence-corrected chi connectivity index (χ2v) is 7.95. The van der Waals surface area contributed by atoms with Crippen molar-refractivity contribution in [3.05, 3.63) is 89.5 Å². The summed E-state index contributed by atoms with van der Waals surface area (Å²) in [6, 6.07) is 20.5. The zero-order chi connectivity index (χ0) is 25.8. The first-order valence-electron chi connectivity index (χ1n) is 11.0. The maximum atomic E-state index is 12.9. The topological polar surface area (TPSA) is 47.6 Å². The van der Waals surface area contributed by atoms with Gasteiger partial charge in [0, 0.05) is 24.4 Å². The molecule has 36 heavy (non-hydrogen) atoms. The lowest BCUT2D eigenvalue weighted by atomic mass is 9.98. The smallest absolute Gasteiger partial charge is 0.449 e. The van der Waals surface area contributed by atoms with Crippen molar-refractivity contribution >= 4 is 6.09 Å². The minimum Gasteiger partial charge on any atom is -0.449 e. The quantitative estimate of drug-likeness (QED) is 0.238. The van der Waals surface area contributed by atoms with Crippen LogP contribution in [0.3, 0.4) is 0 Å². The highest BCUT2D eigenvalue weighted by atomic mass is 19.4. The summed E-state index contributed by atoms with van der Waals surface area (Å²) < 4.78 is 71.6. The molecule has 0 radical (unpaired) electrons. The van der Waals surface area contributed by atoms with Crippen molar-refractivity contribution in [2.24, 2.45) is 0 Å². The first-order chi connectivity index (χ1) is 17.2. The highest BCUT2D eigenvalue weighted by Gasteiger charge is 2.61. The highest BCUT2D eigenvalue weighted by Crippen LogP contribution is 2.44. The number of fused-ring (bicyclic) bond motifs is 3. The summed E-state index contributed by atoms with van der Waals surface area (Å²) in [6.45, 7) is 0.399. The second kappa shape index (κ2) is 10.3. The number of alkyl carbamates (subject to hydrolysis) is 1. The third-order valence-corrected chi connectivity index (χ3v) is 5.53. The second-order valence-electron chi connectivity index (χ2n) is 7.95. The fraction of sp³-hybridized carbons (Fsp3) is 0.222. The third-order valence-electron chi connectivity index (χ3n) is 5.53. The fourth-order valence-electron chi connectivity index (χ4n) is 3.85. The van der Waals surface area contributed by atoms with E-state index in [4.69, 9.17) is 4.74 Å². The third kappa shape index (κ3) is 5.60.